The van der Waals surface area contributed by atoms with Gasteiger partial charge in [0.2, 0.25) is 0 Å². The SMILES string of the molecule is CC(C)(C)C1[C@@H](O)C(=O)N(C(=O)O)[C@]1(C)C(=O)O. The molecule has 1 heterocycles. The van der Waals surface area contributed by atoms with Crippen LogP contribution in [0.3, 0.4) is 0 Å². The molecule has 1 aliphatic rings. The minimum Gasteiger partial charge on any atom is -0.479 e. The number of rotatable bonds is 1. The third kappa shape index (κ3) is 1.74. The number of imide groups is 1. The van der Waals surface area contributed by atoms with Crippen LogP contribution in [0.4, 0.5) is 4.79 Å². The number of carboxylic acids is 1. The van der Waals surface area contributed by atoms with Crippen LogP contribution in [-0.4, -0.2) is 49.8 Å². The Kier molecular flexibility index (Phi) is 3.16. The summed E-state index contributed by atoms with van der Waals surface area (Å²) in [5, 5.41) is 28.2. The van der Waals surface area contributed by atoms with Gasteiger partial charge in [0.05, 0.1) is 0 Å². The van der Waals surface area contributed by atoms with Crippen LogP contribution >= 0.6 is 0 Å². The summed E-state index contributed by atoms with van der Waals surface area (Å²) in [6.07, 6.45) is -3.31. The molecule has 1 aliphatic heterocycles. The number of carboxylic acid groups (broad SMARTS) is 2. The molecule has 1 saturated heterocycles. The van der Waals surface area contributed by atoms with E-state index in [-0.39, 0.29) is 4.90 Å². The first kappa shape index (κ1) is 14.4. The molecule has 0 radical (unpaired) electrons. The molecule has 0 spiro atoms. The standard InChI is InChI=1S/C11H17NO6/c1-10(2,3)6-5(13)7(14)12(9(17)18)11(6,4)8(15)16/h5-6,13H,1-4H3,(H,15,16)(H,17,18)/t5-,6?,11+/m1/s1. The Morgan fingerprint density at radius 1 is 1.28 bits per heavy atom. The Morgan fingerprint density at radius 2 is 1.72 bits per heavy atom. The van der Waals surface area contributed by atoms with Crippen molar-refractivity contribution < 1.29 is 29.7 Å². The van der Waals surface area contributed by atoms with Gasteiger partial charge in [-0.1, -0.05) is 20.8 Å². The molecule has 0 aliphatic carbocycles. The molecule has 0 aromatic heterocycles. The molecular weight excluding hydrogens is 242 g/mol. The highest BCUT2D eigenvalue weighted by molar-refractivity contribution is 6.03. The highest BCUT2D eigenvalue weighted by Crippen LogP contribution is 2.46. The van der Waals surface area contributed by atoms with Crippen molar-refractivity contribution in [2.75, 3.05) is 0 Å². The number of hydrogen-bond acceptors (Lipinski definition) is 4. The van der Waals surface area contributed by atoms with Gasteiger partial charge in [0.25, 0.3) is 5.91 Å². The molecule has 1 fully saturated rings. The number of aliphatic hydroxyl groups is 1. The van der Waals surface area contributed by atoms with Gasteiger partial charge < -0.3 is 15.3 Å². The maximum Gasteiger partial charge on any atom is 0.415 e. The van der Waals surface area contributed by atoms with Crippen molar-refractivity contribution in [1.82, 2.24) is 4.90 Å². The minimum atomic E-state index is -1.97. The average molecular weight is 259 g/mol. The van der Waals surface area contributed by atoms with Crippen molar-refractivity contribution in [2.45, 2.75) is 39.3 Å². The number of likely N-dealkylation sites (tertiary alicyclic amines) is 1. The molecule has 3 N–H and O–H groups in total. The first-order chi connectivity index (χ1) is 7.95. The first-order valence-corrected chi connectivity index (χ1v) is 5.44. The van der Waals surface area contributed by atoms with Gasteiger partial charge in [0, 0.05) is 5.92 Å². The molecule has 3 atom stereocenters. The summed E-state index contributed by atoms with van der Waals surface area (Å²) in [5.74, 6) is -3.56. The molecule has 7 heteroatoms. The molecule has 0 saturated carbocycles. The second kappa shape index (κ2) is 3.94. The van der Waals surface area contributed by atoms with E-state index >= 15 is 0 Å². The van der Waals surface area contributed by atoms with Crippen LogP contribution in [0, 0.1) is 11.3 Å². The van der Waals surface area contributed by atoms with E-state index in [0.29, 0.717) is 0 Å². The van der Waals surface area contributed by atoms with Crippen LogP contribution in [0.5, 0.6) is 0 Å². The number of carbonyl (C=O) groups excluding carboxylic acids is 1. The maximum absolute atomic E-state index is 11.8. The van der Waals surface area contributed by atoms with Gasteiger partial charge in [0.1, 0.15) is 6.10 Å². The zero-order valence-corrected chi connectivity index (χ0v) is 10.7. The fraction of sp³-hybridized carbons (Fsp3) is 0.727. The lowest BCUT2D eigenvalue weighted by Crippen LogP contribution is -2.57. The summed E-state index contributed by atoms with van der Waals surface area (Å²) in [6, 6.07) is 0. The smallest absolute Gasteiger partial charge is 0.415 e. The average Bonchev–Trinajstić information content (AvgIpc) is 2.34. The van der Waals surface area contributed by atoms with Crippen molar-refractivity contribution in [3.8, 4) is 0 Å². The maximum atomic E-state index is 11.8. The van der Waals surface area contributed by atoms with E-state index in [9.17, 15) is 24.6 Å². The van der Waals surface area contributed by atoms with Crippen molar-refractivity contribution >= 4 is 18.0 Å². The predicted octanol–water partition coefficient (Wildman–Crippen LogP) is 0.373. The van der Waals surface area contributed by atoms with Crippen molar-refractivity contribution in [3.05, 3.63) is 0 Å². The lowest BCUT2D eigenvalue weighted by molar-refractivity contribution is -0.154. The Morgan fingerprint density at radius 3 is 2.00 bits per heavy atom. The van der Waals surface area contributed by atoms with Gasteiger partial charge >= 0.3 is 12.1 Å². The quantitative estimate of drug-likeness (QED) is 0.626. The Labute approximate surface area is 104 Å². The fourth-order valence-corrected chi connectivity index (χ4v) is 2.79. The summed E-state index contributed by atoms with van der Waals surface area (Å²) in [5.41, 5.74) is -2.72. The van der Waals surface area contributed by atoms with Gasteiger partial charge in [0.15, 0.2) is 5.54 Å². The summed E-state index contributed by atoms with van der Waals surface area (Å²) in [6.45, 7) is 6.11. The summed E-state index contributed by atoms with van der Waals surface area (Å²) >= 11 is 0. The van der Waals surface area contributed by atoms with Gasteiger partial charge in [-0.15, -0.1) is 0 Å². The van der Waals surface area contributed by atoms with Crippen molar-refractivity contribution in [1.29, 1.82) is 0 Å². The number of hydrogen-bond donors (Lipinski definition) is 3. The van der Waals surface area contributed by atoms with E-state index in [0.717, 1.165) is 6.92 Å². The molecule has 0 aromatic carbocycles. The van der Waals surface area contributed by atoms with Crippen LogP contribution in [0.15, 0.2) is 0 Å². The molecule has 7 nitrogen and oxygen atoms in total. The van der Waals surface area contributed by atoms with Crippen LogP contribution in [-0.2, 0) is 9.59 Å². The van der Waals surface area contributed by atoms with Crippen LogP contribution in [0.2, 0.25) is 0 Å². The van der Waals surface area contributed by atoms with E-state index in [4.69, 9.17) is 5.11 Å². The highest BCUT2D eigenvalue weighted by atomic mass is 16.4. The molecule has 2 amide bonds. The third-order valence-corrected chi connectivity index (χ3v) is 3.42. The lowest BCUT2D eigenvalue weighted by atomic mass is 9.69. The molecule has 1 rings (SSSR count). The van der Waals surface area contributed by atoms with Gasteiger partial charge in [-0.05, 0) is 12.3 Å². The van der Waals surface area contributed by atoms with Gasteiger partial charge in [-0.25, -0.2) is 14.5 Å². The number of aliphatic hydroxyl groups excluding tert-OH is 1. The number of amides is 2. The topological polar surface area (TPSA) is 115 Å². The summed E-state index contributed by atoms with van der Waals surface area (Å²) in [7, 11) is 0. The van der Waals surface area contributed by atoms with E-state index in [1.54, 1.807) is 20.8 Å². The highest BCUT2D eigenvalue weighted by Gasteiger charge is 2.65. The van der Waals surface area contributed by atoms with E-state index < -0.39 is 40.9 Å². The van der Waals surface area contributed by atoms with Gasteiger partial charge in [-0.2, -0.15) is 0 Å². The summed E-state index contributed by atoms with van der Waals surface area (Å²) in [4.78, 5) is 34.5. The zero-order chi connectivity index (χ0) is 14.5. The molecule has 0 bridgehead atoms. The molecule has 1 unspecified atom stereocenters. The fourth-order valence-electron chi connectivity index (χ4n) is 2.79. The Bertz CT molecular complexity index is 412. The third-order valence-electron chi connectivity index (χ3n) is 3.42. The summed E-state index contributed by atoms with van der Waals surface area (Å²) < 4.78 is 0. The van der Waals surface area contributed by atoms with Crippen molar-refractivity contribution in [2.24, 2.45) is 11.3 Å². The second-order valence-electron chi connectivity index (χ2n) is 5.70. The van der Waals surface area contributed by atoms with Crippen LogP contribution in [0.25, 0.3) is 0 Å². The van der Waals surface area contributed by atoms with Gasteiger partial charge in [-0.3, -0.25) is 4.79 Å². The number of carbonyl (C=O) groups is 3. The van der Waals surface area contributed by atoms with E-state index in [2.05, 4.69) is 0 Å². The van der Waals surface area contributed by atoms with Crippen LogP contribution < -0.4 is 0 Å². The predicted molar refractivity (Wildman–Crippen MR) is 59.9 cm³/mol. The van der Waals surface area contributed by atoms with E-state index in [1.165, 1.54) is 0 Å². The van der Waals surface area contributed by atoms with Crippen molar-refractivity contribution in [3.63, 3.8) is 0 Å². The normalized spacial score (nSPS) is 32.7. The zero-order valence-electron chi connectivity index (χ0n) is 10.7. The largest absolute Gasteiger partial charge is 0.479 e. The number of nitrogens with zero attached hydrogens (tertiary/aromatic N) is 1. The first-order valence-electron chi connectivity index (χ1n) is 5.44. The molecular formula is C11H17NO6. The minimum absolute atomic E-state index is 0.218. The monoisotopic (exact) mass is 259 g/mol. The lowest BCUT2D eigenvalue weighted by Gasteiger charge is -2.39. The van der Waals surface area contributed by atoms with E-state index in [1.807, 2.05) is 0 Å². The van der Waals surface area contributed by atoms with Crippen LogP contribution in [0.1, 0.15) is 27.7 Å². The Balaban J connectivity index is 3.48. The molecule has 18 heavy (non-hydrogen) atoms. The number of aliphatic carboxylic acids is 1. The Hall–Kier alpha value is -1.63. The molecule has 102 valence electrons. The second-order valence-corrected chi connectivity index (χ2v) is 5.70. The molecule has 0 aromatic rings.